The lowest BCUT2D eigenvalue weighted by atomic mass is 10.1. The highest BCUT2D eigenvalue weighted by Gasteiger charge is 2.26. The van der Waals surface area contributed by atoms with Gasteiger partial charge in [-0.25, -0.2) is 0 Å². The Morgan fingerprint density at radius 1 is 1.07 bits per heavy atom. The summed E-state index contributed by atoms with van der Waals surface area (Å²) in [4.78, 5) is 27.0. The number of benzene rings is 2. The van der Waals surface area contributed by atoms with E-state index >= 15 is 0 Å². The Labute approximate surface area is 192 Å². The molecule has 2 aromatic carbocycles. The molecule has 30 heavy (non-hydrogen) atoms. The fourth-order valence-corrected chi connectivity index (χ4v) is 3.31. The van der Waals surface area contributed by atoms with E-state index in [2.05, 4.69) is 5.32 Å². The van der Waals surface area contributed by atoms with E-state index in [0.29, 0.717) is 27.4 Å². The lowest BCUT2D eigenvalue weighted by Gasteiger charge is -2.29. The van der Waals surface area contributed by atoms with Gasteiger partial charge in [0.1, 0.15) is 11.8 Å². The molecule has 162 valence electrons. The maximum Gasteiger partial charge on any atom is 0.261 e. The van der Waals surface area contributed by atoms with Gasteiger partial charge in [-0.15, -0.1) is 0 Å². The molecule has 0 spiro atoms. The molecule has 8 heteroatoms. The summed E-state index contributed by atoms with van der Waals surface area (Å²) in [5.74, 6) is -0.203. The molecular weight excluding hydrogens is 447 g/mol. The van der Waals surface area contributed by atoms with Crippen molar-refractivity contribution in [3.8, 4) is 5.75 Å². The molecule has 5 nitrogen and oxygen atoms in total. The molecule has 2 amide bonds. The average molecular weight is 472 g/mol. The summed E-state index contributed by atoms with van der Waals surface area (Å²) in [6.07, 6.45) is 1.85. The van der Waals surface area contributed by atoms with Gasteiger partial charge >= 0.3 is 0 Å². The van der Waals surface area contributed by atoms with Crippen LogP contribution in [0.1, 0.15) is 32.3 Å². The first kappa shape index (κ1) is 24.3. The summed E-state index contributed by atoms with van der Waals surface area (Å²) in [5, 5.41) is 4.25. The number of hydrogen-bond donors (Lipinski definition) is 1. The molecule has 0 bridgehead atoms. The Kier molecular flexibility index (Phi) is 9.76. The zero-order valence-electron chi connectivity index (χ0n) is 17.0. The van der Waals surface area contributed by atoms with Gasteiger partial charge in [0.2, 0.25) is 5.91 Å². The summed E-state index contributed by atoms with van der Waals surface area (Å²) < 4.78 is 5.59. The van der Waals surface area contributed by atoms with Crippen LogP contribution in [0, 0.1) is 0 Å². The van der Waals surface area contributed by atoms with E-state index in [1.54, 1.807) is 31.2 Å². The average Bonchev–Trinajstić information content (AvgIpc) is 2.72. The van der Waals surface area contributed by atoms with Gasteiger partial charge in [-0.3, -0.25) is 9.59 Å². The van der Waals surface area contributed by atoms with Gasteiger partial charge in [0.15, 0.2) is 6.61 Å². The molecule has 0 radical (unpaired) electrons. The molecular formula is C22H25Cl3N2O3. The Morgan fingerprint density at radius 3 is 2.37 bits per heavy atom. The number of carbonyl (C=O) groups excluding carboxylic acids is 2. The van der Waals surface area contributed by atoms with Crippen molar-refractivity contribution in [2.75, 3.05) is 13.2 Å². The van der Waals surface area contributed by atoms with E-state index in [1.165, 1.54) is 11.0 Å². The normalized spacial score (nSPS) is 11.6. The summed E-state index contributed by atoms with van der Waals surface area (Å²) in [5.41, 5.74) is 0.852. The lowest BCUT2D eigenvalue weighted by Crippen LogP contribution is -2.49. The maximum atomic E-state index is 13.0. The standard InChI is InChI=1S/C22H25Cl3N2O3/c1-3-4-11-26-22(29)15(2)27(13-16-5-7-17(23)8-6-16)21(28)14-30-20-10-9-18(24)12-19(20)25/h5-10,12,15H,3-4,11,13-14H2,1-2H3,(H,26,29)/t15-/m0/s1. The molecule has 0 aliphatic heterocycles. The van der Waals surface area contributed by atoms with E-state index < -0.39 is 6.04 Å². The Balaban J connectivity index is 2.12. The van der Waals surface area contributed by atoms with Crippen LogP contribution in [0.5, 0.6) is 5.75 Å². The highest BCUT2D eigenvalue weighted by molar-refractivity contribution is 6.35. The first-order chi connectivity index (χ1) is 14.3. The highest BCUT2D eigenvalue weighted by atomic mass is 35.5. The van der Waals surface area contributed by atoms with Crippen LogP contribution < -0.4 is 10.1 Å². The topological polar surface area (TPSA) is 58.6 Å². The zero-order valence-corrected chi connectivity index (χ0v) is 19.2. The van der Waals surface area contributed by atoms with Crippen LogP contribution in [0.4, 0.5) is 0 Å². The first-order valence-electron chi connectivity index (χ1n) is 9.71. The number of nitrogens with zero attached hydrogens (tertiary/aromatic N) is 1. The van der Waals surface area contributed by atoms with E-state index in [4.69, 9.17) is 39.5 Å². The van der Waals surface area contributed by atoms with Crippen LogP contribution in [0.15, 0.2) is 42.5 Å². The third kappa shape index (κ3) is 7.38. The van der Waals surface area contributed by atoms with E-state index in [1.807, 2.05) is 19.1 Å². The summed E-state index contributed by atoms with van der Waals surface area (Å²) in [6.45, 7) is 4.30. The van der Waals surface area contributed by atoms with Gasteiger partial charge in [0, 0.05) is 23.1 Å². The second-order valence-electron chi connectivity index (χ2n) is 6.83. The Morgan fingerprint density at radius 2 is 1.73 bits per heavy atom. The predicted molar refractivity (Wildman–Crippen MR) is 121 cm³/mol. The van der Waals surface area contributed by atoms with Crippen molar-refractivity contribution >= 4 is 46.6 Å². The number of amides is 2. The van der Waals surface area contributed by atoms with Crippen molar-refractivity contribution in [1.29, 1.82) is 0 Å². The molecule has 2 rings (SSSR count). The van der Waals surface area contributed by atoms with Crippen molar-refractivity contribution in [2.45, 2.75) is 39.3 Å². The SMILES string of the molecule is CCCCNC(=O)[C@H](C)N(Cc1ccc(Cl)cc1)C(=O)COc1ccc(Cl)cc1Cl. The molecule has 0 saturated carbocycles. The van der Waals surface area contributed by atoms with Crippen molar-refractivity contribution in [3.63, 3.8) is 0 Å². The van der Waals surface area contributed by atoms with Crippen LogP contribution in [-0.2, 0) is 16.1 Å². The highest BCUT2D eigenvalue weighted by Crippen LogP contribution is 2.27. The van der Waals surface area contributed by atoms with Gasteiger partial charge in [0.25, 0.3) is 5.91 Å². The number of halogens is 3. The third-order valence-corrected chi connectivity index (χ3v) is 5.29. The summed E-state index contributed by atoms with van der Waals surface area (Å²) >= 11 is 18.0. The summed E-state index contributed by atoms with van der Waals surface area (Å²) in [6, 6.07) is 11.2. The molecule has 0 saturated heterocycles. The van der Waals surface area contributed by atoms with Crippen LogP contribution >= 0.6 is 34.8 Å². The second kappa shape index (κ2) is 12.0. The van der Waals surface area contributed by atoms with Crippen LogP contribution in [0.25, 0.3) is 0 Å². The lowest BCUT2D eigenvalue weighted by molar-refractivity contribution is -0.142. The van der Waals surface area contributed by atoms with Crippen molar-refractivity contribution in [3.05, 3.63) is 63.1 Å². The maximum absolute atomic E-state index is 13.0. The fraction of sp³-hybridized carbons (Fsp3) is 0.364. The smallest absolute Gasteiger partial charge is 0.261 e. The van der Waals surface area contributed by atoms with Gasteiger partial charge in [-0.05, 0) is 49.2 Å². The molecule has 2 aromatic rings. The second-order valence-corrected chi connectivity index (χ2v) is 8.11. The van der Waals surface area contributed by atoms with Gasteiger partial charge < -0.3 is 15.0 Å². The number of rotatable bonds is 10. The molecule has 1 atom stereocenters. The molecule has 0 fully saturated rings. The minimum atomic E-state index is -0.672. The van der Waals surface area contributed by atoms with Crippen LogP contribution in [0.3, 0.4) is 0 Å². The molecule has 0 aliphatic rings. The third-order valence-electron chi connectivity index (χ3n) is 4.51. The van der Waals surface area contributed by atoms with E-state index in [-0.39, 0.29) is 25.0 Å². The molecule has 1 N–H and O–H groups in total. The number of hydrogen-bond acceptors (Lipinski definition) is 3. The van der Waals surface area contributed by atoms with E-state index in [0.717, 1.165) is 18.4 Å². The minimum absolute atomic E-state index is 0.213. The quantitative estimate of drug-likeness (QED) is 0.475. The van der Waals surface area contributed by atoms with Crippen LogP contribution in [-0.4, -0.2) is 35.9 Å². The number of ether oxygens (including phenoxy) is 1. The van der Waals surface area contributed by atoms with Gasteiger partial charge in [-0.1, -0.05) is 60.3 Å². The monoisotopic (exact) mass is 470 g/mol. The minimum Gasteiger partial charge on any atom is -0.482 e. The van der Waals surface area contributed by atoms with Crippen molar-refractivity contribution in [2.24, 2.45) is 0 Å². The number of carbonyl (C=O) groups is 2. The molecule has 0 unspecified atom stereocenters. The van der Waals surface area contributed by atoms with Gasteiger partial charge in [0.05, 0.1) is 5.02 Å². The fourth-order valence-electron chi connectivity index (χ4n) is 2.72. The Hall–Kier alpha value is -1.95. The molecule has 0 heterocycles. The van der Waals surface area contributed by atoms with E-state index in [9.17, 15) is 9.59 Å². The summed E-state index contributed by atoms with van der Waals surface area (Å²) in [7, 11) is 0. The molecule has 0 aromatic heterocycles. The van der Waals surface area contributed by atoms with Crippen molar-refractivity contribution < 1.29 is 14.3 Å². The largest absolute Gasteiger partial charge is 0.482 e. The first-order valence-corrected chi connectivity index (χ1v) is 10.8. The van der Waals surface area contributed by atoms with Crippen molar-refractivity contribution in [1.82, 2.24) is 10.2 Å². The van der Waals surface area contributed by atoms with Gasteiger partial charge in [-0.2, -0.15) is 0 Å². The number of unbranched alkanes of at least 4 members (excludes halogenated alkanes) is 1. The Bertz CT molecular complexity index is 859. The number of nitrogens with one attached hydrogen (secondary N) is 1. The zero-order chi connectivity index (χ0) is 22.1. The molecule has 0 aliphatic carbocycles. The predicted octanol–water partition coefficient (Wildman–Crippen LogP) is 5.36. The van der Waals surface area contributed by atoms with Crippen LogP contribution in [0.2, 0.25) is 15.1 Å².